The predicted octanol–water partition coefficient (Wildman–Crippen LogP) is 2.70. The fraction of sp³-hybridized carbons (Fsp3) is 0.300. The Morgan fingerprint density at radius 3 is 2.74 bits per heavy atom. The Hall–Kier alpha value is -2.51. The summed E-state index contributed by atoms with van der Waals surface area (Å²) in [5.74, 6) is 0.953. The Balaban J connectivity index is 1.51. The van der Waals surface area contributed by atoms with Gasteiger partial charge in [0.2, 0.25) is 0 Å². The molecule has 1 N–H and O–H groups in total. The zero-order chi connectivity index (χ0) is 18.9. The van der Waals surface area contributed by atoms with E-state index in [1.807, 2.05) is 24.4 Å². The first-order chi connectivity index (χ1) is 13.0. The van der Waals surface area contributed by atoms with Gasteiger partial charge in [0.05, 0.1) is 29.7 Å². The number of benzene rings is 1. The van der Waals surface area contributed by atoms with E-state index in [1.165, 1.54) is 23.4 Å². The van der Waals surface area contributed by atoms with Gasteiger partial charge in [0.25, 0.3) is 0 Å². The van der Waals surface area contributed by atoms with Crippen LogP contribution in [0.2, 0.25) is 0 Å². The molecule has 27 heavy (non-hydrogen) atoms. The molecule has 0 unspecified atom stereocenters. The number of aromatic nitrogens is 2. The van der Waals surface area contributed by atoms with Gasteiger partial charge in [0.1, 0.15) is 5.82 Å². The van der Waals surface area contributed by atoms with Crippen LogP contribution in [-0.4, -0.2) is 43.9 Å². The second kappa shape index (κ2) is 7.25. The van der Waals surface area contributed by atoms with Crippen LogP contribution in [0.15, 0.2) is 59.8 Å². The van der Waals surface area contributed by atoms with Crippen molar-refractivity contribution in [2.24, 2.45) is 5.92 Å². The van der Waals surface area contributed by atoms with Gasteiger partial charge in [-0.1, -0.05) is 18.2 Å². The van der Waals surface area contributed by atoms with Crippen molar-refractivity contribution in [3.63, 3.8) is 0 Å². The molecule has 0 radical (unpaired) electrons. The minimum atomic E-state index is -3.24. The lowest BCUT2D eigenvalue weighted by Crippen LogP contribution is -2.29. The molecular formula is C20H21N3O3S. The number of pyridine rings is 2. The Morgan fingerprint density at radius 2 is 1.96 bits per heavy atom. The molecule has 3 heterocycles. The van der Waals surface area contributed by atoms with Crippen LogP contribution in [-0.2, 0) is 21.0 Å². The van der Waals surface area contributed by atoms with E-state index in [2.05, 4.69) is 27.4 Å². The van der Waals surface area contributed by atoms with Gasteiger partial charge < -0.3 is 10.1 Å². The first-order valence-corrected chi connectivity index (χ1v) is 10.7. The van der Waals surface area contributed by atoms with Crippen molar-refractivity contribution >= 4 is 26.6 Å². The van der Waals surface area contributed by atoms with Crippen molar-refractivity contribution < 1.29 is 13.2 Å². The summed E-state index contributed by atoms with van der Waals surface area (Å²) in [4.78, 5) is 8.89. The molecular weight excluding hydrogens is 362 g/mol. The number of nitrogens with one attached hydrogen (secondary N) is 1. The van der Waals surface area contributed by atoms with E-state index in [9.17, 15) is 8.42 Å². The van der Waals surface area contributed by atoms with Crippen LogP contribution in [0.5, 0.6) is 0 Å². The lowest BCUT2D eigenvalue weighted by atomic mass is 9.93. The summed E-state index contributed by atoms with van der Waals surface area (Å²) in [7, 11) is -3.24. The van der Waals surface area contributed by atoms with Crippen LogP contribution in [0.25, 0.3) is 10.9 Å². The minimum absolute atomic E-state index is 0.119. The second-order valence-corrected chi connectivity index (χ2v) is 8.91. The van der Waals surface area contributed by atoms with Crippen LogP contribution in [0.3, 0.4) is 0 Å². The Bertz CT molecular complexity index is 1050. The van der Waals surface area contributed by atoms with E-state index in [0.717, 1.165) is 11.9 Å². The first-order valence-electron chi connectivity index (χ1n) is 8.84. The number of hydrogen-bond donors (Lipinski definition) is 1. The molecule has 0 bridgehead atoms. The molecule has 0 saturated carbocycles. The van der Waals surface area contributed by atoms with Gasteiger partial charge in [0, 0.05) is 30.0 Å². The molecule has 1 aliphatic rings. The van der Waals surface area contributed by atoms with Crippen molar-refractivity contribution in [1.29, 1.82) is 0 Å². The average Bonchev–Trinajstić information content (AvgIpc) is 3.08. The van der Waals surface area contributed by atoms with Crippen molar-refractivity contribution in [3.05, 3.63) is 60.4 Å². The third-order valence-electron chi connectivity index (χ3n) is 4.92. The summed E-state index contributed by atoms with van der Waals surface area (Å²) in [6, 6.07) is 13.6. The molecule has 0 amide bonds. The molecule has 6 nitrogen and oxygen atoms in total. The number of rotatable bonds is 5. The number of ether oxygens (including phenoxy) is 1. The monoisotopic (exact) mass is 383 g/mol. The van der Waals surface area contributed by atoms with Gasteiger partial charge in [0.15, 0.2) is 9.84 Å². The maximum absolute atomic E-state index is 11.6. The second-order valence-electron chi connectivity index (χ2n) is 6.89. The highest BCUT2D eigenvalue weighted by atomic mass is 32.2. The number of fused-ring (bicyclic) bond motifs is 1. The lowest BCUT2D eigenvalue weighted by molar-refractivity contribution is 0.185. The summed E-state index contributed by atoms with van der Waals surface area (Å²) >= 11 is 0. The normalized spacial score (nSPS) is 20.0. The quantitative estimate of drug-likeness (QED) is 0.730. The molecule has 4 rings (SSSR count). The van der Waals surface area contributed by atoms with E-state index < -0.39 is 9.84 Å². The molecule has 1 fully saturated rings. The standard InChI is InChI=1S/C20H21N3O3S/c1-27(24,25)16-6-7-20(22-11-16)23-19-13-26-12-15(19)10-14-8-9-21-18-5-3-2-4-17(14)18/h2-9,11,15,19H,10,12-13H2,1H3,(H,22,23)/t15-,19+/m1/s1. The van der Waals surface area contributed by atoms with Crippen LogP contribution in [0.4, 0.5) is 5.82 Å². The number of hydrogen-bond acceptors (Lipinski definition) is 6. The van der Waals surface area contributed by atoms with Crippen LogP contribution < -0.4 is 5.32 Å². The van der Waals surface area contributed by atoms with Crippen LogP contribution in [0, 0.1) is 5.92 Å². The van der Waals surface area contributed by atoms with Crippen molar-refractivity contribution in [2.45, 2.75) is 17.4 Å². The SMILES string of the molecule is CS(=O)(=O)c1ccc(N[C@H]2COC[C@H]2Cc2ccnc3ccccc23)nc1. The lowest BCUT2D eigenvalue weighted by Gasteiger charge is -2.20. The van der Waals surface area contributed by atoms with Crippen LogP contribution in [0.1, 0.15) is 5.56 Å². The molecule has 2 atom stereocenters. The fourth-order valence-corrected chi connectivity index (χ4v) is 4.01. The van der Waals surface area contributed by atoms with Gasteiger partial charge in [-0.2, -0.15) is 0 Å². The molecule has 140 valence electrons. The molecule has 2 aromatic heterocycles. The Morgan fingerprint density at radius 1 is 1.11 bits per heavy atom. The summed E-state index contributed by atoms with van der Waals surface area (Å²) in [6.07, 6.45) is 5.29. The molecule has 0 aliphatic carbocycles. The molecule has 3 aromatic rings. The highest BCUT2D eigenvalue weighted by molar-refractivity contribution is 7.90. The summed E-state index contributed by atoms with van der Waals surface area (Å²) in [5, 5.41) is 4.56. The molecule has 1 aliphatic heterocycles. The molecule has 1 aromatic carbocycles. The largest absolute Gasteiger partial charge is 0.379 e. The number of nitrogens with zero attached hydrogens (tertiary/aromatic N) is 2. The van der Waals surface area contributed by atoms with Gasteiger partial charge in [-0.15, -0.1) is 0 Å². The third-order valence-corrected chi connectivity index (χ3v) is 6.02. The highest BCUT2D eigenvalue weighted by Crippen LogP contribution is 2.26. The van der Waals surface area contributed by atoms with Crippen molar-refractivity contribution in [3.8, 4) is 0 Å². The summed E-state index contributed by atoms with van der Waals surface area (Å²) in [5.41, 5.74) is 2.25. The van der Waals surface area contributed by atoms with Gasteiger partial charge in [-0.3, -0.25) is 4.98 Å². The smallest absolute Gasteiger partial charge is 0.177 e. The van der Waals surface area contributed by atoms with E-state index in [1.54, 1.807) is 12.1 Å². The summed E-state index contributed by atoms with van der Waals surface area (Å²) in [6.45, 7) is 1.28. The summed E-state index contributed by atoms with van der Waals surface area (Å²) < 4.78 is 28.8. The minimum Gasteiger partial charge on any atom is -0.379 e. The van der Waals surface area contributed by atoms with E-state index >= 15 is 0 Å². The maximum Gasteiger partial charge on any atom is 0.177 e. The molecule has 0 spiro atoms. The van der Waals surface area contributed by atoms with Gasteiger partial charge in [-0.25, -0.2) is 13.4 Å². The van der Waals surface area contributed by atoms with E-state index in [4.69, 9.17) is 4.74 Å². The Labute approximate surface area is 158 Å². The number of sulfone groups is 1. The molecule has 7 heteroatoms. The van der Waals surface area contributed by atoms with Crippen LogP contribution >= 0.6 is 0 Å². The van der Waals surface area contributed by atoms with Gasteiger partial charge >= 0.3 is 0 Å². The highest BCUT2D eigenvalue weighted by Gasteiger charge is 2.29. The zero-order valence-electron chi connectivity index (χ0n) is 15.0. The zero-order valence-corrected chi connectivity index (χ0v) is 15.8. The first kappa shape index (κ1) is 17.9. The average molecular weight is 383 g/mol. The number of anilines is 1. The van der Waals surface area contributed by atoms with Crippen molar-refractivity contribution in [1.82, 2.24) is 9.97 Å². The van der Waals surface area contributed by atoms with E-state index in [-0.39, 0.29) is 10.9 Å². The molecule has 1 saturated heterocycles. The Kier molecular flexibility index (Phi) is 4.80. The number of para-hydroxylation sites is 1. The fourth-order valence-electron chi connectivity index (χ4n) is 3.45. The predicted molar refractivity (Wildman–Crippen MR) is 105 cm³/mol. The topological polar surface area (TPSA) is 81.2 Å². The third kappa shape index (κ3) is 3.94. The van der Waals surface area contributed by atoms with Crippen molar-refractivity contribution in [2.75, 3.05) is 24.8 Å². The van der Waals surface area contributed by atoms with Gasteiger partial charge in [-0.05, 0) is 36.2 Å². The maximum atomic E-state index is 11.6. The van der Waals surface area contributed by atoms with E-state index in [0.29, 0.717) is 24.9 Å².